The molecule has 1 heterocycles. The van der Waals surface area contributed by atoms with Gasteiger partial charge in [-0.25, -0.2) is 4.79 Å². The number of hydrogen-bond donors (Lipinski definition) is 1. The highest BCUT2D eigenvalue weighted by atomic mass is 35.5. The first-order chi connectivity index (χ1) is 10.6. The molecule has 0 aliphatic heterocycles. The monoisotopic (exact) mass is 347 g/mol. The van der Waals surface area contributed by atoms with E-state index in [4.69, 9.17) is 22.1 Å². The van der Waals surface area contributed by atoms with Crippen LogP contribution in [0.15, 0.2) is 18.2 Å². The van der Waals surface area contributed by atoms with Gasteiger partial charge >= 0.3 is 12.2 Å². The molecule has 0 bridgehead atoms. The summed E-state index contributed by atoms with van der Waals surface area (Å²) in [7, 11) is 0. The lowest BCUT2D eigenvalue weighted by Crippen LogP contribution is -2.22. The van der Waals surface area contributed by atoms with Gasteiger partial charge in [0.15, 0.2) is 0 Å². The van der Waals surface area contributed by atoms with Crippen LogP contribution in [0.1, 0.15) is 23.7 Å². The van der Waals surface area contributed by atoms with Gasteiger partial charge < -0.3 is 10.5 Å². The van der Waals surface area contributed by atoms with Crippen molar-refractivity contribution in [2.75, 3.05) is 0 Å². The molecule has 5 nitrogen and oxygen atoms in total. The van der Waals surface area contributed by atoms with E-state index in [0.29, 0.717) is 17.7 Å². The van der Waals surface area contributed by atoms with Gasteiger partial charge in [0, 0.05) is 10.6 Å². The predicted octanol–water partition coefficient (Wildman–Crippen LogP) is 4.15. The smallest absolute Gasteiger partial charge is 0.420 e. The van der Waals surface area contributed by atoms with Gasteiger partial charge in [0.1, 0.15) is 5.75 Å². The van der Waals surface area contributed by atoms with E-state index < -0.39 is 23.5 Å². The number of amides is 1. The van der Waals surface area contributed by atoms with Gasteiger partial charge in [-0.15, -0.1) is 5.10 Å². The maximum absolute atomic E-state index is 13.1. The van der Waals surface area contributed by atoms with Crippen molar-refractivity contribution >= 4 is 17.6 Å². The van der Waals surface area contributed by atoms with Crippen molar-refractivity contribution < 1.29 is 22.7 Å². The van der Waals surface area contributed by atoms with Crippen molar-refractivity contribution in [3.8, 4) is 11.6 Å². The average molecular weight is 348 g/mol. The van der Waals surface area contributed by atoms with Crippen LogP contribution in [0.3, 0.4) is 0 Å². The van der Waals surface area contributed by atoms with Gasteiger partial charge in [-0.2, -0.15) is 17.9 Å². The molecule has 0 unspecified atom stereocenters. The summed E-state index contributed by atoms with van der Waals surface area (Å²) in [6, 6.07) is 2.29. The van der Waals surface area contributed by atoms with Crippen molar-refractivity contribution in [3.05, 3.63) is 40.0 Å². The molecule has 0 saturated carbocycles. The van der Waals surface area contributed by atoms with Crippen LogP contribution >= 0.6 is 11.6 Å². The highest BCUT2D eigenvalue weighted by molar-refractivity contribution is 6.30. The predicted molar refractivity (Wildman–Crippen MR) is 77.9 cm³/mol. The number of primary amides is 1. The summed E-state index contributed by atoms with van der Waals surface area (Å²) in [6.45, 7) is 3.34. The number of rotatable bonds is 3. The molecule has 0 aliphatic rings. The van der Waals surface area contributed by atoms with Crippen molar-refractivity contribution in [2.24, 2.45) is 5.73 Å². The van der Waals surface area contributed by atoms with E-state index in [1.165, 1.54) is 6.07 Å². The summed E-state index contributed by atoms with van der Waals surface area (Å²) >= 11 is 5.62. The third kappa shape index (κ3) is 3.42. The Morgan fingerprint density at radius 2 is 2.09 bits per heavy atom. The Balaban J connectivity index is 2.52. The van der Waals surface area contributed by atoms with E-state index in [-0.39, 0.29) is 10.9 Å². The second kappa shape index (κ2) is 6.11. The van der Waals surface area contributed by atoms with Crippen molar-refractivity contribution in [3.63, 3.8) is 0 Å². The molecule has 0 saturated heterocycles. The molecular weight excluding hydrogens is 335 g/mol. The Bertz CT molecular complexity index is 756. The van der Waals surface area contributed by atoms with Crippen LogP contribution in [0.5, 0.6) is 11.6 Å². The third-order valence-electron chi connectivity index (χ3n) is 3.22. The van der Waals surface area contributed by atoms with E-state index in [9.17, 15) is 18.0 Å². The Kier molecular flexibility index (Phi) is 4.56. The van der Waals surface area contributed by atoms with Crippen LogP contribution in [-0.2, 0) is 12.6 Å². The molecule has 9 heteroatoms. The molecule has 2 rings (SSSR count). The average Bonchev–Trinajstić information content (AvgIpc) is 2.76. The number of benzene rings is 1. The molecule has 2 aromatic rings. The van der Waals surface area contributed by atoms with E-state index >= 15 is 0 Å². The summed E-state index contributed by atoms with van der Waals surface area (Å²) < 4.78 is 45.5. The summed E-state index contributed by atoms with van der Waals surface area (Å²) in [6.07, 6.45) is -4.24. The third-order valence-corrected chi connectivity index (χ3v) is 3.45. The zero-order valence-corrected chi connectivity index (χ0v) is 13.0. The molecule has 1 aromatic heterocycles. The second-order valence-corrected chi connectivity index (χ2v) is 5.15. The molecule has 23 heavy (non-hydrogen) atoms. The number of halogens is 4. The minimum atomic E-state index is -4.64. The number of alkyl halides is 3. The van der Waals surface area contributed by atoms with E-state index in [2.05, 4.69) is 5.10 Å². The first-order valence-electron chi connectivity index (χ1n) is 6.58. The Morgan fingerprint density at radius 1 is 1.43 bits per heavy atom. The molecule has 1 amide bonds. The van der Waals surface area contributed by atoms with Gasteiger partial charge in [-0.1, -0.05) is 18.5 Å². The molecule has 0 spiro atoms. The summed E-state index contributed by atoms with van der Waals surface area (Å²) in [4.78, 5) is 11.3. The number of hydrogen-bond acceptors (Lipinski definition) is 3. The van der Waals surface area contributed by atoms with Gasteiger partial charge in [0.2, 0.25) is 5.88 Å². The Labute approximate surface area is 134 Å². The Hall–Kier alpha value is -2.22. The molecule has 0 aliphatic carbocycles. The number of nitrogens with zero attached hydrogens (tertiary/aromatic N) is 2. The molecule has 2 N–H and O–H groups in total. The molecule has 0 fully saturated rings. The molecule has 0 radical (unpaired) electrons. The zero-order chi connectivity index (χ0) is 17.4. The highest BCUT2D eigenvalue weighted by Crippen LogP contribution is 2.40. The number of ether oxygens (including phenoxy) is 1. The largest absolute Gasteiger partial charge is 0.437 e. The van der Waals surface area contributed by atoms with Crippen molar-refractivity contribution in [2.45, 2.75) is 26.4 Å². The molecule has 1 aromatic carbocycles. The molecular formula is C14H13ClF3N3O2. The van der Waals surface area contributed by atoms with E-state index in [1.807, 2.05) is 0 Å². The van der Waals surface area contributed by atoms with Crippen LogP contribution in [0.4, 0.5) is 18.0 Å². The lowest BCUT2D eigenvalue weighted by Gasteiger charge is -2.13. The fraction of sp³-hybridized carbons (Fsp3) is 0.286. The topological polar surface area (TPSA) is 70.1 Å². The number of carbonyl (C=O) groups excluding carboxylic acids is 1. The number of nitrogens with two attached hydrogens (primary N) is 1. The summed E-state index contributed by atoms with van der Waals surface area (Å²) in [5.41, 5.74) is 5.05. The first kappa shape index (κ1) is 17.1. The Morgan fingerprint density at radius 3 is 2.61 bits per heavy atom. The van der Waals surface area contributed by atoms with Crippen LogP contribution in [-0.4, -0.2) is 15.8 Å². The van der Waals surface area contributed by atoms with Crippen LogP contribution in [0.2, 0.25) is 5.02 Å². The minimum Gasteiger partial charge on any atom is -0.437 e. The number of carbonyl (C=O) groups is 1. The lowest BCUT2D eigenvalue weighted by atomic mass is 10.2. The maximum atomic E-state index is 13.1. The fourth-order valence-corrected chi connectivity index (χ4v) is 2.30. The van der Waals surface area contributed by atoms with Crippen LogP contribution in [0.25, 0.3) is 0 Å². The summed E-state index contributed by atoms with van der Waals surface area (Å²) in [5.74, 6) is -0.553. The maximum Gasteiger partial charge on any atom is 0.420 e. The van der Waals surface area contributed by atoms with Crippen LogP contribution in [0, 0.1) is 6.92 Å². The summed E-state index contributed by atoms with van der Waals surface area (Å²) in [5, 5.41) is 3.77. The first-order valence-corrected chi connectivity index (χ1v) is 6.95. The fourth-order valence-electron chi connectivity index (χ4n) is 2.13. The van der Waals surface area contributed by atoms with Crippen molar-refractivity contribution in [1.29, 1.82) is 0 Å². The highest BCUT2D eigenvalue weighted by Gasteiger charge is 2.35. The minimum absolute atomic E-state index is 0.0702. The second-order valence-electron chi connectivity index (χ2n) is 4.71. The molecule has 124 valence electrons. The lowest BCUT2D eigenvalue weighted by molar-refractivity contribution is -0.138. The van der Waals surface area contributed by atoms with Gasteiger partial charge in [0.05, 0.1) is 11.3 Å². The quantitative estimate of drug-likeness (QED) is 0.906. The molecule has 0 atom stereocenters. The van der Waals surface area contributed by atoms with E-state index in [0.717, 1.165) is 16.8 Å². The van der Waals surface area contributed by atoms with E-state index in [1.54, 1.807) is 13.8 Å². The van der Waals surface area contributed by atoms with Gasteiger partial charge in [-0.05, 0) is 31.5 Å². The zero-order valence-electron chi connectivity index (χ0n) is 12.2. The van der Waals surface area contributed by atoms with Crippen molar-refractivity contribution in [1.82, 2.24) is 9.78 Å². The normalized spacial score (nSPS) is 11.6. The van der Waals surface area contributed by atoms with Gasteiger partial charge in [0.25, 0.3) is 0 Å². The standard InChI is InChI=1S/C14H13ClF3N3O2/c1-3-9-7(2)21(13(19)22)20-12(9)23-11-5-4-8(15)6-10(11)14(16,17)18/h4-6H,3H2,1-2H3,(H2,19,22). The number of aromatic nitrogens is 2. The van der Waals surface area contributed by atoms with Crippen LogP contribution < -0.4 is 10.5 Å². The van der Waals surface area contributed by atoms with Gasteiger partial charge in [-0.3, -0.25) is 0 Å². The SMILES string of the molecule is CCc1c(Oc2ccc(Cl)cc2C(F)(F)F)nn(C(N)=O)c1C.